The van der Waals surface area contributed by atoms with Crippen molar-refractivity contribution in [1.29, 1.82) is 0 Å². The number of aryl methyl sites for hydroxylation is 4. The van der Waals surface area contributed by atoms with Crippen molar-refractivity contribution in [2.75, 3.05) is 11.9 Å². The van der Waals surface area contributed by atoms with Crippen LogP contribution in [-0.2, 0) is 25.7 Å². The summed E-state index contributed by atoms with van der Waals surface area (Å²) < 4.78 is 0.471. The molecule has 0 aliphatic heterocycles. The molecule has 2 aliphatic carbocycles. The zero-order valence-corrected chi connectivity index (χ0v) is 38.8. The molecule has 328 valence electrons. The van der Waals surface area contributed by atoms with Crippen molar-refractivity contribution in [3.63, 3.8) is 0 Å². The van der Waals surface area contributed by atoms with Crippen LogP contribution in [0.4, 0.5) is 34.1 Å². The molecular weight excluding hydrogens is 833 g/mol. The van der Waals surface area contributed by atoms with Gasteiger partial charge in [0.2, 0.25) is 0 Å². The maximum Gasteiger partial charge on any atom is 0.144 e. The van der Waals surface area contributed by atoms with Gasteiger partial charge in [-0.2, -0.15) is 0 Å². The molecule has 13 rings (SSSR count). The Bertz CT molecular complexity index is 3690. The standard InChI is InChI=1S/C67H51N2/c1-69(57-37-27-49(28-38-57)47-15-6-3-7-16-47,58-39-29-51(30-40-58)67-44-53-32-42-61(53)63-20-9-11-22-65(63)67)59-18-12-17-56(45-59)68(54-33-23-48(24-34-54)46-13-4-2-5-14-46)55-35-25-50(26-36-55)66-43-52-31-41-60(52)62-19-8-10-21-64(62)66/h2-30,33-40,43-45H,31-32,41-42H2,1H3/q+1. The van der Waals surface area contributed by atoms with Gasteiger partial charge in [0.25, 0.3) is 0 Å². The van der Waals surface area contributed by atoms with Gasteiger partial charge in [-0.05, 0) is 169 Å². The molecule has 1 atom stereocenters. The van der Waals surface area contributed by atoms with E-state index < -0.39 is 0 Å². The summed E-state index contributed by atoms with van der Waals surface area (Å²) in [5.74, 6) is 0. The van der Waals surface area contributed by atoms with Crippen molar-refractivity contribution in [3.05, 3.63) is 265 Å². The summed E-state index contributed by atoms with van der Waals surface area (Å²) in [7, 11) is 2.35. The smallest absolute Gasteiger partial charge is 0.144 e. The summed E-state index contributed by atoms with van der Waals surface area (Å²) in [5.41, 5.74) is 22.7. The highest BCUT2D eigenvalue weighted by Crippen LogP contribution is 2.47. The Morgan fingerprint density at radius 3 is 1.13 bits per heavy atom. The van der Waals surface area contributed by atoms with E-state index in [2.05, 4.69) is 255 Å². The van der Waals surface area contributed by atoms with Crippen molar-refractivity contribution >= 4 is 55.7 Å². The number of hydrogen-bond acceptors (Lipinski definition) is 1. The molecule has 0 N–H and O–H groups in total. The van der Waals surface area contributed by atoms with Crippen molar-refractivity contribution in [2.24, 2.45) is 0 Å². The van der Waals surface area contributed by atoms with Gasteiger partial charge in [0, 0.05) is 47.8 Å². The second kappa shape index (κ2) is 16.8. The summed E-state index contributed by atoms with van der Waals surface area (Å²) >= 11 is 0. The van der Waals surface area contributed by atoms with Gasteiger partial charge in [0.1, 0.15) is 17.1 Å². The van der Waals surface area contributed by atoms with E-state index in [1.165, 1.54) is 113 Å². The normalized spacial score (nSPS) is 13.5. The van der Waals surface area contributed by atoms with E-state index in [1.54, 1.807) is 0 Å². The van der Waals surface area contributed by atoms with E-state index in [-0.39, 0.29) is 0 Å². The molecule has 1 unspecified atom stereocenters. The minimum absolute atomic E-state index is 0.471. The summed E-state index contributed by atoms with van der Waals surface area (Å²) in [6.45, 7) is 0. The molecule has 11 aromatic rings. The third kappa shape index (κ3) is 7.07. The van der Waals surface area contributed by atoms with Crippen LogP contribution in [0, 0.1) is 0 Å². The average Bonchev–Trinajstić information content (AvgIpc) is 3.40. The molecular formula is C67H51N2+. The largest absolute Gasteiger partial charge is 0.310 e. The number of benzene rings is 11. The van der Waals surface area contributed by atoms with Crippen LogP contribution in [-0.4, -0.2) is 7.05 Å². The fraction of sp³-hybridized carbons (Fsp3) is 0.0746. The predicted molar refractivity (Wildman–Crippen MR) is 293 cm³/mol. The predicted octanol–water partition coefficient (Wildman–Crippen LogP) is 17.9. The van der Waals surface area contributed by atoms with Crippen LogP contribution >= 0.6 is 0 Å². The van der Waals surface area contributed by atoms with Gasteiger partial charge in [-0.3, -0.25) is 0 Å². The summed E-state index contributed by atoms with van der Waals surface area (Å²) in [6.07, 6.45) is 4.64. The third-order valence-corrected chi connectivity index (χ3v) is 15.2. The number of anilines is 3. The van der Waals surface area contributed by atoms with Crippen LogP contribution < -0.4 is 9.38 Å². The molecule has 2 aliphatic rings. The minimum atomic E-state index is 0.471. The molecule has 0 saturated carbocycles. The molecule has 2 nitrogen and oxygen atoms in total. The van der Waals surface area contributed by atoms with Gasteiger partial charge in [-0.15, -0.1) is 0 Å². The second-order valence-corrected chi connectivity index (χ2v) is 19.0. The monoisotopic (exact) mass is 883 g/mol. The van der Waals surface area contributed by atoms with Crippen LogP contribution in [0.2, 0.25) is 0 Å². The number of quaternary nitrogens is 1. The van der Waals surface area contributed by atoms with Gasteiger partial charge < -0.3 is 4.90 Å². The zero-order valence-electron chi connectivity index (χ0n) is 38.8. The fourth-order valence-electron chi connectivity index (χ4n) is 11.2. The number of fused-ring (bicyclic) bond motifs is 6. The lowest BCUT2D eigenvalue weighted by molar-refractivity contribution is 0.627. The first-order chi connectivity index (χ1) is 34.1. The molecule has 69 heavy (non-hydrogen) atoms. The molecule has 11 aromatic carbocycles. The molecule has 0 spiro atoms. The quantitative estimate of drug-likeness (QED) is 0.124. The highest BCUT2D eigenvalue weighted by atomic mass is 15.3. The molecule has 0 bridgehead atoms. The highest BCUT2D eigenvalue weighted by Gasteiger charge is 2.33. The van der Waals surface area contributed by atoms with Crippen molar-refractivity contribution in [3.8, 4) is 44.5 Å². The van der Waals surface area contributed by atoms with Gasteiger partial charge in [0.15, 0.2) is 0 Å². The lowest BCUT2D eigenvalue weighted by atomic mass is 9.81. The topological polar surface area (TPSA) is 3.24 Å². The van der Waals surface area contributed by atoms with Crippen molar-refractivity contribution in [2.45, 2.75) is 25.7 Å². The molecule has 0 heterocycles. The van der Waals surface area contributed by atoms with Crippen LogP contribution in [0.15, 0.2) is 243 Å². The fourth-order valence-corrected chi connectivity index (χ4v) is 11.2. The first-order valence-corrected chi connectivity index (χ1v) is 24.4. The lowest BCUT2D eigenvalue weighted by Gasteiger charge is -2.35. The highest BCUT2D eigenvalue weighted by molar-refractivity contribution is 6.02. The van der Waals surface area contributed by atoms with E-state index in [4.69, 9.17) is 0 Å². The first kappa shape index (κ1) is 40.9. The maximum absolute atomic E-state index is 2.44. The Morgan fingerprint density at radius 1 is 0.290 bits per heavy atom. The number of hydrogen-bond donors (Lipinski definition) is 0. The Morgan fingerprint density at radius 2 is 0.681 bits per heavy atom. The van der Waals surface area contributed by atoms with Gasteiger partial charge >= 0.3 is 0 Å². The van der Waals surface area contributed by atoms with E-state index in [9.17, 15) is 0 Å². The van der Waals surface area contributed by atoms with E-state index in [1.807, 2.05) is 0 Å². The van der Waals surface area contributed by atoms with Crippen LogP contribution in [0.5, 0.6) is 0 Å². The Balaban J connectivity index is 0.939. The number of rotatable bonds is 10. The molecule has 0 amide bonds. The second-order valence-electron chi connectivity index (χ2n) is 19.0. The Kier molecular flexibility index (Phi) is 9.96. The molecule has 0 radical (unpaired) electrons. The molecule has 2 heteroatoms. The summed E-state index contributed by atoms with van der Waals surface area (Å²) in [6, 6.07) is 90.1. The van der Waals surface area contributed by atoms with Gasteiger partial charge in [-0.1, -0.05) is 152 Å². The maximum atomic E-state index is 2.44. The lowest BCUT2D eigenvalue weighted by Crippen LogP contribution is -2.33. The van der Waals surface area contributed by atoms with Crippen LogP contribution in [0.1, 0.15) is 22.3 Å². The van der Waals surface area contributed by atoms with Gasteiger partial charge in [0.05, 0.1) is 12.7 Å². The van der Waals surface area contributed by atoms with E-state index >= 15 is 0 Å². The third-order valence-electron chi connectivity index (χ3n) is 15.2. The Hall–Kier alpha value is -8.30. The van der Waals surface area contributed by atoms with Crippen LogP contribution in [0.3, 0.4) is 0 Å². The summed E-state index contributed by atoms with van der Waals surface area (Å²) in [5, 5.41) is 5.45. The van der Waals surface area contributed by atoms with Crippen LogP contribution in [0.25, 0.3) is 66.1 Å². The van der Waals surface area contributed by atoms with E-state index in [0.29, 0.717) is 4.48 Å². The molecule has 0 saturated heterocycles. The van der Waals surface area contributed by atoms with Crippen molar-refractivity contribution in [1.82, 2.24) is 4.48 Å². The molecule has 0 aromatic heterocycles. The summed E-state index contributed by atoms with van der Waals surface area (Å²) in [4.78, 5) is 2.42. The SMILES string of the molecule is C[N+](c1ccc(-c2ccccc2)cc1)(c1ccc(-c2cc3c(c4ccccc24)CC3)cc1)c1cccc(N(c2ccc(-c3ccccc3)cc2)c2ccc(-c3cc4c(c5ccccc35)CC4)cc2)c1. The van der Waals surface area contributed by atoms with Crippen molar-refractivity contribution < 1.29 is 0 Å². The van der Waals surface area contributed by atoms with Gasteiger partial charge in [-0.25, -0.2) is 4.48 Å². The average molecular weight is 884 g/mol. The zero-order chi connectivity index (χ0) is 45.9. The Labute approximate surface area is 405 Å². The minimum Gasteiger partial charge on any atom is -0.310 e. The first-order valence-electron chi connectivity index (χ1n) is 24.4. The van der Waals surface area contributed by atoms with E-state index in [0.717, 1.165) is 35.6 Å². The molecule has 0 fully saturated rings. The number of nitrogens with zero attached hydrogens (tertiary/aromatic N) is 2.